The fraction of sp³-hybridized carbons (Fsp3) is 0.643. The maximum Gasteiger partial charge on any atom is 0.106 e. The van der Waals surface area contributed by atoms with Gasteiger partial charge < -0.3 is 9.84 Å². The molecule has 1 fully saturated rings. The van der Waals surface area contributed by atoms with Gasteiger partial charge >= 0.3 is 0 Å². The second-order valence-corrected chi connectivity index (χ2v) is 5.95. The predicted octanol–water partition coefficient (Wildman–Crippen LogP) is 2.16. The first-order valence-electron chi connectivity index (χ1n) is 6.63. The van der Waals surface area contributed by atoms with Crippen molar-refractivity contribution in [2.24, 2.45) is 0 Å². The number of rotatable bonds is 4. The van der Waals surface area contributed by atoms with Crippen LogP contribution in [0.5, 0.6) is 0 Å². The number of ether oxygens (including phenoxy) is 1. The number of aliphatic hydroxyl groups is 1. The highest BCUT2D eigenvalue weighted by Crippen LogP contribution is 2.36. The molecular formula is C14H21BrN2O2. The number of pyridine rings is 1. The molecule has 106 valence electrons. The van der Waals surface area contributed by atoms with Gasteiger partial charge in [0.05, 0.1) is 12.2 Å². The van der Waals surface area contributed by atoms with Gasteiger partial charge in [0.25, 0.3) is 0 Å². The number of piperidine rings is 1. The van der Waals surface area contributed by atoms with E-state index in [2.05, 4.69) is 38.8 Å². The number of methoxy groups -OCH3 is 1. The van der Waals surface area contributed by atoms with E-state index in [0.29, 0.717) is 0 Å². The maximum atomic E-state index is 9.23. The summed E-state index contributed by atoms with van der Waals surface area (Å²) in [6, 6.07) is 4.25. The van der Waals surface area contributed by atoms with E-state index in [0.717, 1.165) is 36.1 Å². The SMILES string of the molecule is COC1(c2ccc(Br)nc2)CCN([C@@H](C)CO)CC1. The van der Waals surface area contributed by atoms with Gasteiger partial charge in [-0.2, -0.15) is 0 Å². The monoisotopic (exact) mass is 328 g/mol. The molecule has 1 N–H and O–H groups in total. The molecule has 1 atom stereocenters. The molecule has 19 heavy (non-hydrogen) atoms. The van der Waals surface area contributed by atoms with Crippen LogP contribution in [0.15, 0.2) is 22.9 Å². The number of hydrogen-bond donors (Lipinski definition) is 1. The molecule has 0 radical (unpaired) electrons. The third kappa shape index (κ3) is 3.16. The number of aliphatic hydroxyl groups excluding tert-OH is 1. The second-order valence-electron chi connectivity index (χ2n) is 5.14. The Bertz CT molecular complexity index is 402. The minimum absolute atomic E-state index is 0.208. The van der Waals surface area contributed by atoms with Crippen LogP contribution in [0.1, 0.15) is 25.3 Å². The molecule has 1 aliphatic heterocycles. The second kappa shape index (κ2) is 6.31. The van der Waals surface area contributed by atoms with Gasteiger partial charge in [-0.15, -0.1) is 0 Å². The Morgan fingerprint density at radius 3 is 2.63 bits per heavy atom. The predicted molar refractivity (Wildman–Crippen MR) is 78.0 cm³/mol. The zero-order chi connectivity index (χ0) is 13.9. The molecule has 1 aromatic rings. The first-order chi connectivity index (χ1) is 9.11. The van der Waals surface area contributed by atoms with Crippen molar-refractivity contribution in [3.63, 3.8) is 0 Å². The van der Waals surface area contributed by atoms with E-state index in [9.17, 15) is 5.11 Å². The van der Waals surface area contributed by atoms with Gasteiger partial charge in [-0.1, -0.05) is 6.07 Å². The molecule has 2 heterocycles. The molecule has 1 aliphatic rings. The Kier molecular flexibility index (Phi) is 4.95. The van der Waals surface area contributed by atoms with Crippen molar-refractivity contribution >= 4 is 15.9 Å². The Morgan fingerprint density at radius 2 is 2.16 bits per heavy atom. The minimum atomic E-state index is -0.237. The van der Waals surface area contributed by atoms with Crippen molar-refractivity contribution in [1.29, 1.82) is 0 Å². The Labute approximate surface area is 122 Å². The van der Waals surface area contributed by atoms with E-state index < -0.39 is 0 Å². The van der Waals surface area contributed by atoms with E-state index in [1.165, 1.54) is 0 Å². The molecule has 2 rings (SSSR count). The normalized spacial score (nSPS) is 21.3. The molecule has 5 heteroatoms. The molecule has 0 spiro atoms. The average molecular weight is 329 g/mol. The van der Waals surface area contributed by atoms with Gasteiger partial charge in [0, 0.05) is 38.0 Å². The lowest BCUT2D eigenvalue weighted by molar-refractivity contribution is -0.0712. The summed E-state index contributed by atoms with van der Waals surface area (Å²) in [5, 5.41) is 9.23. The van der Waals surface area contributed by atoms with Crippen molar-refractivity contribution in [3.8, 4) is 0 Å². The summed E-state index contributed by atoms with van der Waals surface area (Å²) >= 11 is 3.36. The highest BCUT2D eigenvalue weighted by Gasteiger charge is 2.37. The maximum absolute atomic E-state index is 9.23. The van der Waals surface area contributed by atoms with Gasteiger partial charge in [-0.05, 0) is 41.8 Å². The molecule has 1 aromatic heterocycles. The van der Waals surface area contributed by atoms with Crippen LogP contribution in [0.3, 0.4) is 0 Å². The summed E-state index contributed by atoms with van der Waals surface area (Å²) in [5.41, 5.74) is 0.897. The van der Waals surface area contributed by atoms with Crippen LogP contribution in [-0.4, -0.2) is 47.8 Å². The highest BCUT2D eigenvalue weighted by molar-refractivity contribution is 9.10. The zero-order valence-corrected chi connectivity index (χ0v) is 13.1. The number of nitrogens with zero attached hydrogens (tertiary/aromatic N) is 2. The summed E-state index contributed by atoms with van der Waals surface area (Å²) in [6.45, 7) is 4.14. The largest absolute Gasteiger partial charge is 0.395 e. The summed E-state index contributed by atoms with van der Waals surface area (Å²) in [4.78, 5) is 6.61. The van der Waals surface area contributed by atoms with Crippen molar-refractivity contribution in [3.05, 3.63) is 28.5 Å². The van der Waals surface area contributed by atoms with Gasteiger partial charge in [0.2, 0.25) is 0 Å². The molecule has 0 aliphatic carbocycles. The summed E-state index contributed by atoms with van der Waals surface area (Å²) in [6.07, 6.45) is 3.74. The molecule has 0 amide bonds. The summed E-state index contributed by atoms with van der Waals surface area (Å²) < 4.78 is 6.66. The van der Waals surface area contributed by atoms with Crippen LogP contribution in [-0.2, 0) is 10.3 Å². The van der Waals surface area contributed by atoms with Crippen LogP contribution in [0, 0.1) is 0 Å². The first kappa shape index (κ1) is 14.9. The Hall–Kier alpha value is -0.490. The van der Waals surface area contributed by atoms with Crippen molar-refractivity contribution in [2.45, 2.75) is 31.4 Å². The van der Waals surface area contributed by atoms with Crippen molar-refractivity contribution in [1.82, 2.24) is 9.88 Å². The van der Waals surface area contributed by atoms with Crippen LogP contribution >= 0.6 is 15.9 Å². The molecule has 4 nitrogen and oxygen atoms in total. The first-order valence-corrected chi connectivity index (χ1v) is 7.43. The standard InChI is InChI=1S/C14H21BrN2O2/c1-11(10-18)17-7-5-14(19-2,6-8-17)12-3-4-13(15)16-9-12/h3-4,9,11,18H,5-8,10H2,1-2H3/t11-/m0/s1. The lowest BCUT2D eigenvalue weighted by Crippen LogP contribution is -2.48. The number of aromatic nitrogens is 1. The van der Waals surface area contributed by atoms with Gasteiger partial charge in [-0.3, -0.25) is 4.90 Å². The van der Waals surface area contributed by atoms with E-state index in [-0.39, 0.29) is 18.2 Å². The van der Waals surface area contributed by atoms with Gasteiger partial charge in [-0.25, -0.2) is 4.98 Å². The number of halogens is 1. The fourth-order valence-electron chi connectivity index (χ4n) is 2.70. The van der Waals surface area contributed by atoms with Gasteiger partial charge in [0.1, 0.15) is 4.60 Å². The zero-order valence-electron chi connectivity index (χ0n) is 11.5. The van der Waals surface area contributed by atoms with E-state index in [1.807, 2.05) is 12.3 Å². The van der Waals surface area contributed by atoms with Crippen molar-refractivity contribution in [2.75, 3.05) is 26.8 Å². The Balaban J connectivity index is 2.11. The van der Waals surface area contributed by atoms with Crippen LogP contribution in [0.4, 0.5) is 0 Å². The third-order valence-corrected chi connectivity index (χ3v) is 4.61. The molecule has 0 aromatic carbocycles. The third-order valence-electron chi connectivity index (χ3n) is 4.14. The van der Waals surface area contributed by atoms with Crippen LogP contribution in [0.2, 0.25) is 0 Å². The molecule has 0 saturated carbocycles. The topological polar surface area (TPSA) is 45.6 Å². The molecule has 1 saturated heterocycles. The van der Waals surface area contributed by atoms with Crippen molar-refractivity contribution < 1.29 is 9.84 Å². The Morgan fingerprint density at radius 1 is 1.47 bits per heavy atom. The average Bonchev–Trinajstić information content (AvgIpc) is 2.47. The van der Waals surface area contributed by atoms with E-state index >= 15 is 0 Å². The highest BCUT2D eigenvalue weighted by atomic mass is 79.9. The number of likely N-dealkylation sites (tertiary alicyclic amines) is 1. The van der Waals surface area contributed by atoms with E-state index in [4.69, 9.17) is 4.74 Å². The fourth-order valence-corrected chi connectivity index (χ4v) is 2.93. The summed E-state index contributed by atoms with van der Waals surface area (Å²) in [7, 11) is 1.77. The lowest BCUT2D eigenvalue weighted by Gasteiger charge is -2.42. The quantitative estimate of drug-likeness (QED) is 0.860. The molecule has 0 unspecified atom stereocenters. The van der Waals surface area contributed by atoms with Gasteiger partial charge in [0.15, 0.2) is 0 Å². The molecule has 0 bridgehead atoms. The number of hydrogen-bond acceptors (Lipinski definition) is 4. The summed E-state index contributed by atoms with van der Waals surface area (Å²) in [5.74, 6) is 0. The van der Waals surface area contributed by atoms with Crippen LogP contribution in [0.25, 0.3) is 0 Å². The minimum Gasteiger partial charge on any atom is -0.395 e. The molecular weight excluding hydrogens is 308 g/mol. The lowest BCUT2D eigenvalue weighted by atomic mass is 9.84. The van der Waals surface area contributed by atoms with E-state index in [1.54, 1.807) is 7.11 Å². The smallest absolute Gasteiger partial charge is 0.106 e. The van der Waals surface area contributed by atoms with Crippen LogP contribution < -0.4 is 0 Å².